The third kappa shape index (κ3) is 7.88. The summed E-state index contributed by atoms with van der Waals surface area (Å²) in [5.41, 5.74) is 0.992. The molecule has 0 bridgehead atoms. The predicted octanol–water partition coefficient (Wildman–Crippen LogP) is 6.54. The first-order valence-electron chi connectivity index (χ1n) is 16.7. The number of amides is 1. The van der Waals surface area contributed by atoms with Crippen molar-refractivity contribution in [2.24, 2.45) is 11.8 Å². The van der Waals surface area contributed by atoms with Gasteiger partial charge in [-0.15, -0.1) is 0 Å². The molecule has 5 rings (SSSR count). The van der Waals surface area contributed by atoms with Gasteiger partial charge in [0.1, 0.15) is 5.75 Å². The Hall–Kier alpha value is -2.70. The molecule has 2 saturated carbocycles. The van der Waals surface area contributed by atoms with E-state index in [2.05, 4.69) is 60.0 Å². The number of carbonyl (C=O) groups is 2. The van der Waals surface area contributed by atoms with E-state index in [9.17, 15) is 14.7 Å². The monoisotopic (exact) mass is 588 g/mol. The average molecular weight is 589 g/mol. The summed E-state index contributed by atoms with van der Waals surface area (Å²) in [6, 6.07) is 18.5. The molecular weight excluding hydrogens is 536 g/mol. The molecule has 3 fully saturated rings. The highest BCUT2D eigenvalue weighted by Crippen LogP contribution is 2.53. The molecule has 1 amide bonds. The van der Waals surface area contributed by atoms with Crippen molar-refractivity contribution < 1.29 is 19.4 Å². The van der Waals surface area contributed by atoms with E-state index in [0.29, 0.717) is 31.1 Å². The molecule has 6 heteroatoms. The Labute approximate surface area is 258 Å². The van der Waals surface area contributed by atoms with Crippen molar-refractivity contribution in [2.45, 2.75) is 108 Å². The first kappa shape index (κ1) is 31.7. The number of fused-ring (bicyclic) bond motifs is 1. The largest absolute Gasteiger partial charge is 0.427 e. The van der Waals surface area contributed by atoms with Gasteiger partial charge in [0.25, 0.3) is 0 Å². The Kier molecular flexibility index (Phi) is 10.3. The van der Waals surface area contributed by atoms with Gasteiger partial charge in [-0.3, -0.25) is 9.59 Å². The molecule has 6 nitrogen and oxygen atoms in total. The molecule has 1 heterocycles. The van der Waals surface area contributed by atoms with Crippen LogP contribution in [0.5, 0.6) is 5.75 Å². The standard InChI is InChI=1S/C37H52N2O4/c1-28(2)25-39(35(41)16-9-5-8-13-30-11-6-4-7-12-30)33-19-20-37(42)27-38(26-31-17-18-31)22-21-36(37,24-33)32-14-10-15-34(23-32)43-29(3)40/h4,6-7,10-12,14-15,23,28,31,33,42H,5,8-9,13,16-22,24-27H2,1-3H3/t33-,36+,37+/m1/s1. The highest BCUT2D eigenvalue weighted by molar-refractivity contribution is 5.76. The van der Waals surface area contributed by atoms with E-state index in [-0.39, 0.29) is 17.9 Å². The Balaban J connectivity index is 1.33. The number of nitrogens with zero attached hydrogens (tertiary/aromatic N) is 2. The van der Waals surface area contributed by atoms with Gasteiger partial charge in [0, 0.05) is 44.4 Å². The van der Waals surface area contributed by atoms with Crippen LogP contribution in [0.25, 0.3) is 0 Å². The van der Waals surface area contributed by atoms with Crippen molar-refractivity contribution in [3.05, 3.63) is 65.7 Å². The average Bonchev–Trinajstić information content (AvgIpc) is 3.79. The molecule has 3 aliphatic rings. The molecule has 0 aromatic heterocycles. The zero-order chi connectivity index (χ0) is 30.5. The van der Waals surface area contributed by atoms with Crippen LogP contribution in [0.4, 0.5) is 0 Å². The van der Waals surface area contributed by atoms with Crippen LogP contribution in [0.2, 0.25) is 0 Å². The fourth-order valence-electron chi connectivity index (χ4n) is 7.76. The second-order valence-electron chi connectivity index (χ2n) is 14.0. The molecule has 1 N–H and O–H groups in total. The van der Waals surface area contributed by atoms with E-state index in [0.717, 1.165) is 76.1 Å². The lowest BCUT2D eigenvalue weighted by atomic mass is 9.55. The molecule has 0 unspecified atom stereocenters. The van der Waals surface area contributed by atoms with Crippen LogP contribution in [0.1, 0.15) is 96.1 Å². The van der Waals surface area contributed by atoms with Gasteiger partial charge in [0.05, 0.1) is 5.60 Å². The maximum absolute atomic E-state index is 13.8. The number of β-amino-alcohol motifs (C(OH)–C–C–N with tert-alkyl or cyclic N) is 1. The third-order valence-corrected chi connectivity index (χ3v) is 10.1. The molecule has 2 aromatic carbocycles. The van der Waals surface area contributed by atoms with Crippen molar-refractivity contribution in [3.63, 3.8) is 0 Å². The van der Waals surface area contributed by atoms with Gasteiger partial charge in [0.15, 0.2) is 0 Å². The summed E-state index contributed by atoms with van der Waals surface area (Å²) in [7, 11) is 0. The smallest absolute Gasteiger partial charge is 0.308 e. The van der Waals surface area contributed by atoms with Gasteiger partial charge >= 0.3 is 5.97 Å². The molecule has 234 valence electrons. The topological polar surface area (TPSA) is 70.1 Å². The van der Waals surface area contributed by atoms with Gasteiger partial charge < -0.3 is 19.6 Å². The number of piperidine rings is 1. The Morgan fingerprint density at radius 3 is 2.53 bits per heavy atom. The highest BCUT2D eigenvalue weighted by atomic mass is 16.5. The van der Waals surface area contributed by atoms with E-state index in [1.165, 1.54) is 25.3 Å². The molecule has 43 heavy (non-hydrogen) atoms. The van der Waals surface area contributed by atoms with Crippen molar-refractivity contribution in [1.29, 1.82) is 0 Å². The summed E-state index contributed by atoms with van der Waals surface area (Å²) in [5, 5.41) is 12.5. The Bertz CT molecular complexity index is 1230. The number of esters is 1. The van der Waals surface area contributed by atoms with Gasteiger partial charge in [-0.2, -0.15) is 0 Å². The summed E-state index contributed by atoms with van der Waals surface area (Å²) < 4.78 is 5.50. The maximum Gasteiger partial charge on any atom is 0.308 e. The molecule has 1 saturated heterocycles. The SMILES string of the molecule is CC(=O)Oc1cccc([C@@]23CCN(CC4CC4)C[C@@]2(O)CC[C@@H](N(CC(C)C)C(=O)CCCCCc2ccccc2)C3)c1. The quantitative estimate of drug-likeness (QED) is 0.164. The fraction of sp³-hybridized carbons (Fsp3) is 0.622. The second kappa shape index (κ2) is 13.9. The van der Waals surface area contributed by atoms with Crippen molar-refractivity contribution in [3.8, 4) is 5.75 Å². The summed E-state index contributed by atoms with van der Waals surface area (Å²) >= 11 is 0. The van der Waals surface area contributed by atoms with E-state index in [1.807, 2.05) is 18.2 Å². The van der Waals surface area contributed by atoms with Crippen LogP contribution >= 0.6 is 0 Å². The Morgan fingerprint density at radius 2 is 1.81 bits per heavy atom. The van der Waals surface area contributed by atoms with Gasteiger partial charge in [-0.05, 0) is 99.4 Å². The van der Waals surface area contributed by atoms with Gasteiger partial charge in [0.2, 0.25) is 5.91 Å². The van der Waals surface area contributed by atoms with Gasteiger partial charge in [-0.25, -0.2) is 0 Å². The summed E-state index contributed by atoms with van der Waals surface area (Å²) in [5.74, 6) is 1.56. The number of aliphatic hydroxyl groups is 1. The maximum atomic E-state index is 13.8. The Morgan fingerprint density at radius 1 is 1.02 bits per heavy atom. The number of benzene rings is 2. The molecular formula is C37H52N2O4. The predicted molar refractivity (Wildman–Crippen MR) is 171 cm³/mol. The van der Waals surface area contributed by atoms with E-state index < -0.39 is 11.0 Å². The minimum Gasteiger partial charge on any atom is -0.427 e. The highest BCUT2D eigenvalue weighted by Gasteiger charge is 2.58. The normalized spacial score (nSPS) is 25.7. The van der Waals surface area contributed by atoms with E-state index >= 15 is 0 Å². The number of carbonyl (C=O) groups excluding carboxylic acids is 2. The zero-order valence-electron chi connectivity index (χ0n) is 26.6. The number of rotatable bonds is 13. The molecule has 2 aromatic rings. The van der Waals surface area contributed by atoms with E-state index in [1.54, 1.807) is 0 Å². The zero-order valence-corrected chi connectivity index (χ0v) is 26.6. The molecule has 0 radical (unpaired) electrons. The van der Waals surface area contributed by atoms with Crippen LogP contribution in [0.15, 0.2) is 54.6 Å². The third-order valence-electron chi connectivity index (χ3n) is 10.1. The summed E-state index contributed by atoms with van der Waals surface area (Å²) in [6.07, 6.45) is 10.3. The number of unbranched alkanes of at least 4 members (excludes halogenated alkanes) is 2. The van der Waals surface area contributed by atoms with Crippen molar-refractivity contribution in [1.82, 2.24) is 9.80 Å². The number of likely N-dealkylation sites (tertiary alicyclic amines) is 1. The van der Waals surface area contributed by atoms with Crippen molar-refractivity contribution >= 4 is 11.9 Å². The lowest BCUT2D eigenvalue weighted by Crippen LogP contribution is -2.67. The van der Waals surface area contributed by atoms with Crippen LogP contribution in [-0.4, -0.2) is 64.6 Å². The summed E-state index contributed by atoms with van der Waals surface area (Å²) in [4.78, 5) is 30.3. The number of hydrogen-bond donors (Lipinski definition) is 1. The molecule has 2 aliphatic carbocycles. The lowest BCUT2D eigenvalue weighted by Gasteiger charge is -2.59. The minimum absolute atomic E-state index is 0.0758. The number of aryl methyl sites for hydroxylation is 1. The van der Waals surface area contributed by atoms with Crippen LogP contribution in [-0.2, 0) is 21.4 Å². The van der Waals surface area contributed by atoms with Gasteiger partial charge in [-0.1, -0.05) is 62.7 Å². The second-order valence-corrected chi connectivity index (χ2v) is 14.0. The molecule has 1 aliphatic heterocycles. The number of ether oxygens (including phenoxy) is 1. The number of hydrogen-bond acceptors (Lipinski definition) is 5. The lowest BCUT2D eigenvalue weighted by molar-refractivity contribution is -0.150. The molecule has 3 atom stereocenters. The van der Waals surface area contributed by atoms with Crippen LogP contribution in [0, 0.1) is 11.8 Å². The minimum atomic E-state index is -0.893. The molecule has 0 spiro atoms. The summed E-state index contributed by atoms with van der Waals surface area (Å²) in [6.45, 7) is 9.20. The fourth-order valence-corrected chi connectivity index (χ4v) is 7.76. The van der Waals surface area contributed by atoms with Crippen LogP contribution < -0.4 is 4.74 Å². The first-order valence-corrected chi connectivity index (χ1v) is 16.7. The van der Waals surface area contributed by atoms with Crippen molar-refractivity contribution in [2.75, 3.05) is 26.2 Å². The first-order chi connectivity index (χ1) is 20.7. The van der Waals surface area contributed by atoms with E-state index in [4.69, 9.17) is 4.74 Å². The van der Waals surface area contributed by atoms with Crippen LogP contribution in [0.3, 0.4) is 0 Å².